The quantitative estimate of drug-likeness (QED) is 0.604. The van der Waals surface area contributed by atoms with Crippen LogP contribution in [0.3, 0.4) is 0 Å². The summed E-state index contributed by atoms with van der Waals surface area (Å²) in [6, 6.07) is 16.1. The SMILES string of the molecule is Cc1cccc(N2CCN(C(=O)c3sc(COc4ccccc4)nc3C)CC2)c1C. The van der Waals surface area contributed by atoms with Crippen LogP contribution in [-0.2, 0) is 6.61 Å². The van der Waals surface area contributed by atoms with Crippen LogP contribution in [-0.4, -0.2) is 42.0 Å². The number of rotatable bonds is 5. The highest BCUT2D eigenvalue weighted by Crippen LogP contribution is 2.26. The number of nitrogens with zero attached hydrogens (tertiary/aromatic N) is 3. The maximum Gasteiger partial charge on any atom is 0.265 e. The lowest BCUT2D eigenvalue weighted by Gasteiger charge is -2.37. The molecule has 5 nitrogen and oxygen atoms in total. The number of benzene rings is 2. The number of piperazine rings is 1. The maximum atomic E-state index is 13.1. The average molecular weight is 422 g/mol. The molecule has 1 aromatic heterocycles. The first-order chi connectivity index (χ1) is 14.5. The fourth-order valence-corrected chi connectivity index (χ4v) is 4.69. The molecule has 6 heteroatoms. The number of aryl methyl sites for hydroxylation is 2. The lowest BCUT2D eigenvalue weighted by atomic mass is 10.1. The Bertz CT molecular complexity index is 1020. The molecule has 0 bridgehead atoms. The van der Waals surface area contributed by atoms with Gasteiger partial charge in [-0.1, -0.05) is 30.3 Å². The van der Waals surface area contributed by atoms with Gasteiger partial charge in [-0.25, -0.2) is 4.98 Å². The molecule has 0 N–H and O–H groups in total. The number of thiazole rings is 1. The molecular formula is C24H27N3O2S. The van der Waals surface area contributed by atoms with Crippen molar-refractivity contribution in [2.24, 2.45) is 0 Å². The topological polar surface area (TPSA) is 45.7 Å². The first-order valence-corrected chi connectivity index (χ1v) is 11.1. The van der Waals surface area contributed by atoms with E-state index in [1.165, 1.54) is 28.2 Å². The van der Waals surface area contributed by atoms with Crippen molar-refractivity contribution < 1.29 is 9.53 Å². The number of hydrogen-bond donors (Lipinski definition) is 0. The molecule has 0 unspecified atom stereocenters. The molecule has 0 atom stereocenters. The zero-order chi connectivity index (χ0) is 21.1. The van der Waals surface area contributed by atoms with Crippen molar-refractivity contribution in [2.75, 3.05) is 31.1 Å². The Balaban J connectivity index is 1.38. The summed E-state index contributed by atoms with van der Waals surface area (Å²) in [6.07, 6.45) is 0. The number of carbonyl (C=O) groups excluding carboxylic acids is 1. The zero-order valence-electron chi connectivity index (χ0n) is 17.7. The molecule has 1 amide bonds. The van der Waals surface area contributed by atoms with E-state index in [-0.39, 0.29) is 5.91 Å². The van der Waals surface area contributed by atoms with E-state index in [1.807, 2.05) is 42.2 Å². The molecule has 156 valence electrons. The molecular weight excluding hydrogens is 394 g/mol. The van der Waals surface area contributed by atoms with Crippen molar-refractivity contribution in [3.8, 4) is 5.75 Å². The first kappa shape index (κ1) is 20.4. The summed E-state index contributed by atoms with van der Waals surface area (Å²) in [5, 5.41) is 0.828. The molecule has 1 fully saturated rings. The van der Waals surface area contributed by atoms with Gasteiger partial charge in [0.2, 0.25) is 0 Å². The molecule has 3 aromatic rings. The molecule has 30 heavy (non-hydrogen) atoms. The van der Waals surface area contributed by atoms with E-state index in [0.29, 0.717) is 6.61 Å². The molecule has 0 saturated carbocycles. The Morgan fingerprint density at radius 3 is 2.47 bits per heavy atom. The van der Waals surface area contributed by atoms with Gasteiger partial charge in [-0.15, -0.1) is 11.3 Å². The van der Waals surface area contributed by atoms with Gasteiger partial charge in [-0.3, -0.25) is 4.79 Å². The third kappa shape index (κ3) is 4.33. The normalized spacial score (nSPS) is 14.1. The number of hydrogen-bond acceptors (Lipinski definition) is 5. The van der Waals surface area contributed by atoms with E-state index in [4.69, 9.17) is 4.74 Å². The third-order valence-corrected chi connectivity index (χ3v) is 6.74. The monoisotopic (exact) mass is 421 g/mol. The number of anilines is 1. The standard InChI is InChI=1S/C24H27N3O2S/c1-17-8-7-11-21(18(17)2)26-12-14-27(15-13-26)24(28)23-19(3)25-22(30-23)16-29-20-9-5-4-6-10-20/h4-11H,12-16H2,1-3H3. The van der Waals surface area contributed by atoms with Gasteiger partial charge in [0.25, 0.3) is 5.91 Å². The number of carbonyl (C=O) groups is 1. The maximum absolute atomic E-state index is 13.1. The van der Waals surface area contributed by atoms with Gasteiger partial charge in [0.15, 0.2) is 0 Å². The Hall–Kier alpha value is -2.86. The summed E-state index contributed by atoms with van der Waals surface area (Å²) in [6.45, 7) is 9.73. The minimum Gasteiger partial charge on any atom is -0.486 e. The molecule has 1 aliphatic heterocycles. The summed E-state index contributed by atoms with van der Waals surface area (Å²) in [5.41, 5.74) is 4.68. The van der Waals surface area contributed by atoms with Gasteiger partial charge in [0.05, 0.1) is 5.69 Å². The minimum absolute atomic E-state index is 0.0802. The molecule has 2 aromatic carbocycles. The van der Waals surface area contributed by atoms with Gasteiger partial charge < -0.3 is 14.5 Å². The van der Waals surface area contributed by atoms with Crippen molar-refractivity contribution in [1.29, 1.82) is 0 Å². The Kier molecular flexibility index (Phi) is 6.04. The summed E-state index contributed by atoms with van der Waals surface area (Å²) in [5.74, 6) is 0.886. The van der Waals surface area contributed by atoms with Crippen molar-refractivity contribution in [2.45, 2.75) is 27.4 Å². The van der Waals surface area contributed by atoms with Gasteiger partial charge in [-0.05, 0) is 50.1 Å². The number of amides is 1. The van der Waals surface area contributed by atoms with Crippen molar-refractivity contribution in [3.63, 3.8) is 0 Å². The molecule has 4 rings (SSSR count). The minimum atomic E-state index is 0.0802. The highest BCUT2D eigenvalue weighted by molar-refractivity contribution is 7.13. The molecule has 0 radical (unpaired) electrons. The zero-order valence-corrected chi connectivity index (χ0v) is 18.5. The van der Waals surface area contributed by atoms with Crippen LogP contribution in [0.2, 0.25) is 0 Å². The Labute approximate surface area is 181 Å². The lowest BCUT2D eigenvalue weighted by molar-refractivity contribution is 0.0750. The molecule has 0 spiro atoms. The molecule has 1 saturated heterocycles. The number of para-hydroxylation sites is 1. The highest BCUT2D eigenvalue weighted by atomic mass is 32.1. The van der Waals surface area contributed by atoms with Crippen molar-refractivity contribution >= 4 is 22.9 Å². The van der Waals surface area contributed by atoms with Crippen LogP contribution in [0.5, 0.6) is 5.75 Å². The summed E-state index contributed by atoms with van der Waals surface area (Å²) >= 11 is 1.44. The van der Waals surface area contributed by atoms with Crippen LogP contribution >= 0.6 is 11.3 Å². The van der Waals surface area contributed by atoms with E-state index in [0.717, 1.165) is 47.5 Å². The Morgan fingerprint density at radius 2 is 1.73 bits per heavy atom. The number of aromatic nitrogens is 1. The summed E-state index contributed by atoms with van der Waals surface area (Å²) in [7, 11) is 0. The van der Waals surface area contributed by atoms with Crippen molar-refractivity contribution in [3.05, 3.63) is 75.2 Å². The van der Waals surface area contributed by atoms with Gasteiger partial charge in [0.1, 0.15) is 22.2 Å². The van der Waals surface area contributed by atoms with Crippen LogP contribution in [0, 0.1) is 20.8 Å². The van der Waals surface area contributed by atoms with Crippen LogP contribution < -0.4 is 9.64 Å². The fraction of sp³-hybridized carbons (Fsp3) is 0.333. The predicted molar refractivity (Wildman–Crippen MR) is 122 cm³/mol. The van der Waals surface area contributed by atoms with Crippen LogP contribution in [0.25, 0.3) is 0 Å². The third-order valence-electron chi connectivity index (χ3n) is 5.62. The number of ether oxygens (including phenoxy) is 1. The predicted octanol–water partition coefficient (Wildman–Crippen LogP) is 4.61. The van der Waals surface area contributed by atoms with E-state index in [2.05, 4.69) is 41.9 Å². The van der Waals surface area contributed by atoms with Gasteiger partial charge in [0, 0.05) is 31.9 Å². The van der Waals surface area contributed by atoms with E-state index < -0.39 is 0 Å². The van der Waals surface area contributed by atoms with Gasteiger partial charge >= 0.3 is 0 Å². The molecule has 0 aliphatic carbocycles. The summed E-state index contributed by atoms with van der Waals surface area (Å²) < 4.78 is 5.79. The van der Waals surface area contributed by atoms with Crippen molar-refractivity contribution in [1.82, 2.24) is 9.88 Å². The van der Waals surface area contributed by atoms with Crippen LogP contribution in [0.1, 0.15) is 31.5 Å². The Morgan fingerprint density at radius 1 is 1.00 bits per heavy atom. The molecule has 1 aliphatic rings. The lowest BCUT2D eigenvalue weighted by Crippen LogP contribution is -2.49. The smallest absolute Gasteiger partial charge is 0.265 e. The fourth-order valence-electron chi connectivity index (χ4n) is 3.75. The van der Waals surface area contributed by atoms with E-state index in [1.54, 1.807) is 0 Å². The van der Waals surface area contributed by atoms with Crippen LogP contribution in [0.4, 0.5) is 5.69 Å². The van der Waals surface area contributed by atoms with E-state index in [9.17, 15) is 4.79 Å². The molecule has 2 heterocycles. The van der Waals surface area contributed by atoms with Gasteiger partial charge in [-0.2, -0.15) is 0 Å². The van der Waals surface area contributed by atoms with Crippen LogP contribution in [0.15, 0.2) is 48.5 Å². The second-order valence-electron chi connectivity index (χ2n) is 7.62. The largest absolute Gasteiger partial charge is 0.486 e. The van der Waals surface area contributed by atoms with E-state index >= 15 is 0 Å². The highest BCUT2D eigenvalue weighted by Gasteiger charge is 2.26. The summed E-state index contributed by atoms with van der Waals surface area (Å²) in [4.78, 5) is 22.7. The average Bonchev–Trinajstić information content (AvgIpc) is 3.15. The second kappa shape index (κ2) is 8.88. The first-order valence-electron chi connectivity index (χ1n) is 10.3. The second-order valence-corrected chi connectivity index (χ2v) is 8.71.